The van der Waals surface area contributed by atoms with Gasteiger partial charge in [0.25, 0.3) is 5.82 Å². The molecule has 1 aliphatic heterocycles. The Bertz CT molecular complexity index is 747. The molecule has 0 spiro atoms. The summed E-state index contributed by atoms with van der Waals surface area (Å²) in [6.45, 7) is 3.14. The molecule has 2 aromatic rings. The normalized spacial score (nSPS) is 15.0. The van der Waals surface area contributed by atoms with Crippen molar-refractivity contribution in [3.63, 3.8) is 0 Å². The quantitative estimate of drug-likeness (QED) is 0.882. The van der Waals surface area contributed by atoms with E-state index >= 15 is 0 Å². The fourth-order valence-corrected chi connectivity index (χ4v) is 3.51. The SMILES string of the molecule is N#Cc1ncn(CC(=O)Nc2cccc(CN3CCSCC3)c2)n1. The Kier molecular flexibility index (Phi) is 5.46. The Morgan fingerprint density at radius 2 is 2.21 bits per heavy atom. The topological polar surface area (TPSA) is 86.8 Å². The van der Waals surface area contributed by atoms with E-state index in [9.17, 15) is 4.79 Å². The molecule has 24 heavy (non-hydrogen) atoms. The van der Waals surface area contributed by atoms with Crippen molar-refractivity contribution in [1.82, 2.24) is 19.7 Å². The standard InChI is InChI=1S/C16H18N6OS/c17-9-15-18-12-22(20-15)11-16(23)19-14-3-1-2-13(8-14)10-21-4-6-24-7-5-21/h1-3,8,12H,4-7,10-11H2,(H,19,23). The molecular weight excluding hydrogens is 324 g/mol. The first-order valence-electron chi connectivity index (χ1n) is 7.71. The number of nitriles is 1. The number of carbonyl (C=O) groups excluding carboxylic acids is 1. The van der Waals surface area contributed by atoms with Crippen molar-refractivity contribution in [2.45, 2.75) is 13.1 Å². The minimum atomic E-state index is -0.198. The van der Waals surface area contributed by atoms with Crippen molar-refractivity contribution in [2.75, 3.05) is 29.9 Å². The summed E-state index contributed by atoms with van der Waals surface area (Å²) in [5.41, 5.74) is 1.96. The fraction of sp³-hybridized carbons (Fsp3) is 0.375. The minimum absolute atomic E-state index is 0.0300. The van der Waals surface area contributed by atoms with E-state index in [-0.39, 0.29) is 18.3 Å². The van der Waals surface area contributed by atoms with Gasteiger partial charge in [0.1, 0.15) is 18.9 Å². The molecule has 0 bridgehead atoms. The molecule has 0 aliphatic carbocycles. The number of rotatable bonds is 5. The number of aromatic nitrogens is 3. The van der Waals surface area contributed by atoms with Crippen molar-refractivity contribution in [2.24, 2.45) is 0 Å². The van der Waals surface area contributed by atoms with Crippen LogP contribution in [0.25, 0.3) is 0 Å². The first kappa shape index (κ1) is 16.5. The molecule has 0 atom stereocenters. The lowest BCUT2D eigenvalue weighted by molar-refractivity contribution is -0.116. The smallest absolute Gasteiger partial charge is 0.252 e. The molecule has 7 nitrogen and oxygen atoms in total. The largest absolute Gasteiger partial charge is 0.324 e. The summed E-state index contributed by atoms with van der Waals surface area (Å²) in [5, 5.41) is 15.4. The number of amides is 1. The van der Waals surface area contributed by atoms with E-state index in [0.29, 0.717) is 0 Å². The van der Waals surface area contributed by atoms with Gasteiger partial charge in [0, 0.05) is 36.8 Å². The maximum Gasteiger partial charge on any atom is 0.252 e. The fourth-order valence-electron chi connectivity index (χ4n) is 2.53. The summed E-state index contributed by atoms with van der Waals surface area (Å²) in [7, 11) is 0. The van der Waals surface area contributed by atoms with E-state index in [1.54, 1.807) is 0 Å². The van der Waals surface area contributed by atoms with E-state index in [1.165, 1.54) is 28.1 Å². The molecule has 1 N–H and O–H groups in total. The summed E-state index contributed by atoms with van der Waals surface area (Å²) >= 11 is 1.99. The summed E-state index contributed by atoms with van der Waals surface area (Å²) in [4.78, 5) is 18.3. The molecule has 3 rings (SSSR count). The molecule has 1 amide bonds. The number of hydrogen-bond donors (Lipinski definition) is 1. The lowest BCUT2D eigenvalue weighted by atomic mass is 10.2. The van der Waals surface area contributed by atoms with Crippen molar-refractivity contribution >= 4 is 23.4 Å². The van der Waals surface area contributed by atoms with Crippen LogP contribution in [0.2, 0.25) is 0 Å². The molecule has 1 fully saturated rings. The Morgan fingerprint density at radius 3 is 2.96 bits per heavy atom. The Morgan fingerprint density at radius 1 is 1.38 bits per heavy atom. The third kappa shape index (κ3) is 4.57. The molecule has 0 radical (unpaired) electrons. The second-order valence-electron chi connectivity index (χ2n) is 5.51. The van der Waals surface area contributed by atoms with Crippen LogP contribution in [0.3, 0.4) is 0 Å². The van der Waals surface area contributed by atoms with Crippen LogP contribution in [0.4, 0.5) is 5.69 Å². The predicted molar refractivity (Wildman–Crippen MR) is 92.4 cm³/mol. The summed E-state index contributed by atoms with van der Waals surface area (Å²) < 4.78 is 1.35. The number of nitrogens with zero attached hydrogens (tertiary/aromatic N) is 5. The van der Waals surface area contributed by atoms with Crippen LogP contribution < -0.4 is 5.32 Å². The van der Waals surface area contributed by atoms with Crippen LogP contribution in [-0.4, -0.2) is 50.2 Å². The Labute approximate surface area is 144 Å². The molecule has 1 saturated heterocycles. The second-order valence-corrected chi connectivity index (χ2v) is 6.74. The van der Waals surface area contributed by atoms with Crippen molar-refractivity contribution < 1.29 is 4.79 Å². The van der Waals surface area contributed by atoms with Crippen molar-refractivity contribution in [3.8, 4) is 6.07 Å². The van der Waals surface area contributed by atoms with Crippen LogP contribution in [0.1, 0.15) is 11.4 Å². The van der Waals surface area contributed by atoms with Gasteiger partial charge in [-0.1, -0.05) is 12.1 Å². The number of hydrogen-bond acceptors (Lipinski definition) is 6. The van der Waals surface area contributed by atoms with Crippen LogP contribution in [0.15, 0.2) is 30.6 Å². The maximum absolute atomic E-state index is 12.1. The van der Waals surface area contributed by atoms with Gasteiger partial charge in [-0.25, -0.2) is 9.67 Å². The molecule has 1 aromatic carbocycles. The summed E-state index contributed by atoms with van der Waals surface area (Å²) in [5.74, 6) is 2.22. The number of anilines is 1. The number of carbonyl (C=O) groups is 1. The van der Waals surface area contributed by atoms with Crippen molar-refractivity contribution in [1.29, 1.82) is 5.26 Å². The molecule has 124 valence electrons. The van der Waals surface area contributed by atoms with Gasteiger partial charge in [-0.2, -0.15) is 17.0 Å². The monoisotopic (exact) mass is 342 g/mol. The zero-order valence-electron chi connectivity index (χ0n) is 13.2. The first-order chi connectivity index (χ1) is 11.7. The number of benzene rings is 1. The number of thioether (sulfide) groups is 1. The zero-order valence-corrected chi connectivity index (χ0v) is 14.0. The van der Waals surface area contributed by atoms with E-state index in [2.05, 4.69) is 26.4 Å². The highest BCUT2D eigenvalue weighted by atomic mass is 32.2. The van der Waals surface area contributed by atoms with Crippen LogP contribution >= 0.6 is 11.8 Å². The van der Waals surface area contributed by atoms with Crippen LogP contribution in [0.5, 0.6) is 0 Å². The molecular formula is C16H18N6OS. The van der Waals surface area contributed by atoms with Gasteiger partial charge < -0.3 is 5.32 Å². The van der Waals surface area contributed by atoms with E-state index in [1.807, 2.05) is 36.0 Å². The molecule has 0 unspecified atom stereocenters. The van der Waals surface area contributed by atoms with Crippen molar-refractivity contribution in [3.05, 3.63) is 42.0 Å². The predicted octanol–water partition coefficient (Wildman–Crippen LogP) is 1.34. The molecule has 2 heterocycles. The summed E-state index contributed by atoms with van der Waals surface area (Å²) in [6.07, 6.45) is 1.38. The third-order valence-electron chi connectivity index (χ3n) is 3.66. The second kappa shape index (κ2) is 7.95. The van der Waals surface area contributed by atoms with Gasteiger partial charge in [-0.3, -0.25) is 9.69 Å². The van der Waals surface area contributed by atoms with Gasteiger partial charge in [0.2, 0.25) is 5.91 Å². The highest BCUT2D eigenvalue weighted by molar-refractivity contribution is 7.99. The Balaban J connectivity index is 1.57. The lowest BCUT2D eigenvalue weighted by Crippen LogP contribution is -2.31. The lowest BCUT2D eigenvalue weighted by Gasteiger charge is -2.26. The average molecular weight is 342 g/mol. The maximum atomic E-state index is 12.1. The first-order valence-corrected chi connectivity index (χ1v) is 8.87. The van der Waals surface area contributed by atoms with E-state index < -0.39 is 0 Å². The highest BCUT2D eigenvalue weighted by Gasteiger charge is 2.11. The van der Waals surface area contributed by atoms with Gasteiger partial charge in [0.15, 0.2) is 0 Å². The number of nitrogens with one attached hydrogen (secondary N) is 1. The summed E-state index contributed by atoms with van der Waals surface area (Å²) in [6, 6.07) is 9.74. The van der Waals surface area contributed by atoms with E-state index in [0.717, 1.165) is 25.3 Å². The van der Waals surface area contributed by atoms with E-state index in [4.69, 9.17) is 5.26 Å². The minimum Gasteiger partial charge on any atom is -0.324 e. The van der Waals surface area contributed by atoms with Crippen LogP contribution in [0, 0.1) is 11.3 Å². The van der Waals surface area contributed by atoms with Gasteiger partial charge >= 0.3 is 0 Å². The molecule has 0 saturated carbocycles. The average Bonchev–Trinajstić information content (AvgIpc) is 3.03. The molecule has 1 aliphatic rings. The van der Waals surface area contributed by atoms with Crippen LogP contribution in [-0.2, 0) is 17.9 Å². The Hall–Kier alpha value is -2.37. The van der Waals surface area contributed by atoms with Gasteiger partial charge in [-0.05, 0) is 17.7 Å². The van der Waals surface area contributed by atoms with Gasteiger partial charge in [0.05, 0.1) is 0 Å². The molecule has 1 aromatic heterocycles. The highest BCUT2D eigenvalue weighted by Crippen LogP contribution is 2.16. The van der Waals surface area contributed by atoms with Gasteiger partial charge in [-0.15, -0.1) is 5.10 Å². The molecule has 8 heteroatoms. The third-order valence-corrected chi connectivity index (χ3v) is 4.61. The zero-order chi connectivity index (χ0) is 16.8.